The fraction of sp³-hybridized carbons (Fsp3) is 0.381. The number of alkyl halides is 3. The average molecular weight is 553 g/mol. The number of aliphatic hydroxyl groups excluding tert-OH is 1. The maximum atomic E-state index is 12.9. The second kappa shape index (κ2) is 13.3. The Morgan fingerprint density at radius 1 is 1.06 bits per heavy atom. The third-order valence-electron chi connectivity index (χ3n) is 4.06. The Labute approximate surface area is 196 Å². The van der Waals surface area contributed by atoms with Gasteiger partial charge in [-0.25, -0.2) is 4.99 Å². The molecule has 0 aliphatic carbocycles. The van der Waals surface area contributed by atoms with E-state index in [9.17, 15) is 13.2 Å². The number of benzene rings is 2. The summed E-state index contributed by atoms with van der Waals surface area (Å²) in [5, 5.41) is 15.1. The molecule has 0 aromatic heterocycles. The molecule has 0 heterocycles. The van der Waals surface area contributed by atoms with Crippen LogP contribution in [0.15, 0.2) is 47.5 Å². The van der Waals surface area contributed by atoms with Crippen molar-refractivity contribution in [3.05, 3.63) is 59.2 Å². The standard InChI is InChI=1S/C21H26F3N3O3.HI/c1-3-25-20(26-13-15-5-4-6-17(11-15)21(22,23)24)27-14-16-7-8-18(30-10-9-28)19(12-16)29-2;/h4-8,11-12,28H,3,9-10,13-14H2,1-2H3,(H2,25,26,27);1H. The highest BCUT2D eigenvalue weighted by atomic mass is 127. The molecule has 0 saturated heterocycles. The van der Waals surface area contributed by atoms with Crippen molar-refractivity contribution in [1.29, 1.82) is 0 Å². The summed E-state index contributed by atoms with van der Waals surface area (Å²) in [6, 6.07) is 10.5. The predicted octanol–water partition coefficient (Wildman–Crippen LogP) is 3.96. The van der Waals surface area contributed by atoms with Crippen molar-refractivity contribution in [2.24, 2.45) is 4.99 Å². The van der Waals surface area contributed by atoms with Gasteiger partial charge in [-0.2, -0.15) is 13.2 Å². The van der Waals surface area contributed by atoms with Gasteiger partial charge in [0, 0.05) is 13.1 Å². The van der Waals surface area contributed by atoms with Crippen molar-refractivity contribution in [2.75, 3.05) is 26.9 Å². The summed E-state index contributed by atoms with van der Waals surface area (Å²) in [6.07, 6.45) is -4.38. The molecular weight excluding hydrogens is 526 g/mol. The topological polar surface area (TPSA) is 75.1 Å². The minimum Gasteiger partial charge on any atom is -0.493 e. The van der Waals surface area contributed by atoms with Crippen LogP contribution in [0.2, 0.25) is 0 Å². The molecule has 0 spiro atoms. The van der Waals surface area contributed by atoms with Gasteiger partial charge in [0.1, 0.15) is 6.61 Å². The summed E-state index contributed by atoms with van der Waals surface area (Å²) in [7, 11) is 1.53. The molecule has 0 saturated carbocycles. The van der Waals surface area contributed by atoms with Gasteiger partial charge in [-0.1, -0.05) is 18.2 Å². The number of nitrogens with one attached hydrogen (secondary N) is 2. The van der Waals surface area contributed by atoms with Crippen molar-refractivity contribution in [1.82, 2.24) is 10.6 Å². The lowest BCUT2D eigenvalue weighted by Crippen LogP contribution is -2.36. The number of nitrogens with zero attached hydrogens (tertiary/aromatic N) is 1. The predicted molar refractivity (Wildman–Crippen MR) is 124 cm³/mol. The summed E-state index contributed by atoms with van der Waals surface area (Å²) in [6.45, 7) is 3.10. The van der Waals surface area contributed by atoms with E-state index in [0.29, 0.717) is 36.1 Å². The number of ether oxygens (including phenoxy) is 2. The molecule has 0 radical (unpaired) electrons. The van der Waals surface area contributed by atoms with Crippen LogP contribution in [0.4, 0.5) is 13.2 Å². The van der Waals surface area contributed by atoms with E-state index in [4.69, 9.17) is 14.6 Å². The first-order chi connectivity index (χ1) is 14.4. The fourth-order valence-electron chi connectivity index (χ4n) is 2.64. The zero-order valence-corrected chi connectivity index (χ0v) is 19.7. The van der Waals surface area contributed by atoms with Gasteiger partial charge in [0.05, 0.1) is 25.8 Å². The number of hydrogen-bond donors (Lipinski definition) is 3. The molecule has 10 heteroatoms. The zero-order valence-electron chi connectivity index (χ0n) is 17.3. The van der Waals surface area contributed by atoms with Crippen LogP contribution in [0.3, 0.4) is 0 Å². The van der Waals surface area contributed by atoms with Crippen molar-refractivity contribution >= 4 is 29.9 Å². The first-order valence-corrected chi connectivity index (χ1v) is 9.46. The number of hydrogen-bond acceptors (Lipinski definition) is 4. The molecular formula is C21H27F3IN3O3. The quantitative estimate of drug-likeness (QED) is 0.249. The second-order valence-corrected chi connectivity index (χ2v) is 6.30. The molecule has 0 amide bonds. The Balaban J connectivity index is 0.00000480. The summed E-state index contributed by atoms with van der Waals surface area (Å²) >= 11 is 0. The van der Waals surface area contributed by atoms with Crippen molar-refractivity contribution < 1.29 is 27.8 Å². The average Bonchev–Trinajstić information content (AvgIpc) is 2.74. The van der Waals surface area contributed by atoms with Gasteiger partial charge < -0.3 is 25.2 Å². The molecule has 31 heavy (non-hydrogen) atoms. The maximum Gasteiger partial charge on any atom is 0.416 e. The zero-order chi connectivity index (χ0) is 22.0. The first kappa shape index (κ1) is 26.8. The molecule has 0 fully saturated rings. The van der Waals surface area contributed by atoms with E-state index in [1.54, 1.807) is 18.2 Å². The number of halogens is 4. The van der Waals surface area contributed by atoms with E-state index >= 15 is 0 Å². The summed E-state index contributed by atoms with van der Waals surface area (Å²) in [5.41, 5.74) is 0.672. The number of guanidine groups is 1. The van der Waals surface area contributed by atoms with E-state index in [1.165, 1.54) is 13.2 Å². The minimum atomic E-state index is -4.38. The van der Waals surface area contributed by atoms with Gasteiger partial charge in [0.15, 0.2) is 17.5 Å². The normalized spacial score (nSPS) is 11.5. The van der Waals surface area contributed by atoms with Crippen LogP contribution in [0, 0.1) is 0 Å². The Hall–Kier alpha value is -2.21. The highest BCUT2D eigenvalue weighted by Gasteiger charge is 2.30. The maximum absolute atomic E-state index is 12.9. The Morgan fingerprint density at radius 2 is 1.84 bits per heavy atom. The molecule has 172 valence electrons. The molecule has 3 N–H and O–H groups in total. The van der Waals surface area contributed by atoms with Crippen LogP contribution in [-0.2, 0) is 19.3 Å². The van der Waals surface area contributed by atoms with E-state index in [2.05, 4.69) is 15.6 Å². The van der Waals surface area contributed by atoms with Gasteiger partial charge in [0.25, 0.3) is 0 Å². The Bertz CT molecular complexity index is 848. The van der Waals surface area contributed by atoms with Crippen LogP contribution >= 0.6 is 24.0 Å². The van der Waals surface area contributed by atoms with Gasteiger partial charge in [-0.3, -0.25) is 0 Å². The van der Waals surface area contributed by atoms with Crippen molar-refractivity contribution in [2.45, 2.75) is 26.2 Å². The van der Waals surface area contributed by atoms with Gasteiger partial charge >= 0.3 is 6.18 Å². The minimum absolute atomic E-state index is 0. The van der Waals surface area contributed by atoms with Crippen LogP contribution in [0.5, 0.6) is 11.5 Å². The second-order valence-electron chi connectivity index (χ2n) is 6.30. The first-order valence-electron chi connectivity index (χ1n) is 9.46. The van der Waals surface area contributed by atoms with Crippen LogP contribution in [0.25, 0.3) is 0 Å². The molecule has 0 atom stereocenters. The summed E-state index contributed by atoms with van der Waals surface area (Å²) in [4.78, 5) is 4.37. The Morgan fingerprint density at radius 3 is 2.48 bits per heavy atom. The number of aliphatic imine (C=N–C) groups is 1. The van der Waals surface area contributed by atoms with E-state index in [-0.39, 0.29) is 43.7 Å². The molecule has 0 bridgehead atoms. The molecule has 0 aliphatic rings. The third kappa shape index (κ3) is 8.82. The number of methoxy groups -OCH3 is 1. The summed E-state index contributed by atoms with van der Waals surface area (Å²) < 4.78 is 49.3. The van der Waals surface area contributed by atoms with E-state index in [0.717, 1.165) is 17.7 Å². The highest BCUT2D eigenvalue weighted by Crippen LogP contribution is 2.30. The number of rotatable bonds is 9. The van der Waals surface area contributed by atoms with E-state index in [1.807, 2.05) is 13.0 Å². The molecule has 0 aliphatic heterocycles. The lowest BCUT2D eigenvalue weighted by Gasteiger charge is -2.14. The van der Waals surface area contributed by atoms with Gasteiger partial charge in [-0.05, 0) is 42.3 Å². The molecule has 2 rings (SSSR count). The largest absolute Gasteiger partial charge is 0.493 e. The number of aliphatic hydroxyl groups is 1. The lowest BCUT2D eigenvalue weighted by atomic mass is 10.1. The third-order valence-corrected chi connectivity index (χ3v) is 4.06. The molecule has 2 aromatic carbocycles. The van der Waals surface area contributed by atoms with Gasteiger partial charge in [0.2, 0.25) is 0 Å². The van der Waals surface area contributed by atoms with Crippen LogP contribution < -0.4 is 20.1 Å². The van der Waals surface area contributed by atoms with Crippen LogP contribution in [0.1, 0.15) is 23.6 Å². The molecule has 2 aromatic rings. The SMILES string of the molecule is CCNC(=NCc1cccc(C(F)(F)F)c1)NCc1ccc(OCCO)c(OC)c1.I. The Kier molecular flexibility index (Phi) is 11.5. The lowest BCUT2D eigenvalue weighted by molar-refractivity contribution is -0.137. The molecule has 0 unspecified atom stereocenters. The van der Waals surface area contributed by atoms with Crippen molar-refractivity contribution in [3.8, 4) is 11.5 Å². The van der Waals surface area contributed by atoms with Crippen LogP contribution in [-0.4, -0.2) is 37.9 Å². The molecule has 6 nitrogen and oxygen atoms in total. The highest BCUT2D eigenvalue weighted by molar-refractivity contribution is 14.0. The monoisotopic (exact) mass is 553 g/mol. The van der Waals surface area contributed by atoms with Gasteiger partial charge in [-0.15, -0.1) is 24.0 Å². The van der Waals surface area contributed by atoms with Crippen molar-refractivity contribution in [3.63, 3.8) is 0 Å². The van der Waals surface area contributed by atoms with E-state index < -0.39 is 11.7 Å². The smallest absolute Gasteiger partial charge is 0.416 e. The summed E-state index contributed by atoms with van der Waals surface area (Å²) in [5.74, 6) is 1.54. The fourth-order valence-corrected chi connectivity index (χ4v) is 2.64.